The fourth-order valence-electron chi connectivity index (χ4n) is 2.49. The van der Waals surface area contributed by atoms with Gasteiger partial charge in [-0.05, 0) is 36.5 Å². The van der Waals surface area contributed by atoms with Crippen molar-refractivity contribution in [3.8, 4) is 0 Å². The molecule has 4 N–H and O–H groups in total. The molecule has 0 fully saturated rings. The predicted octanol–water partition coefficient (Wildman–Crippen LogP) is 1.80. The van der Waals surface area contributed by atoms with E-state index < -0.39 is 18.1 Å². The largest absolute Gasteiger partial charge is 0.391 e. The number of carbonyl (C=O) groups excluding carboxylic acids is 1. The zero-order valence-electron chi connectivity index (χ0n) is 13.4. The molecule has 0 saturated heterocycles. The molecule has 0 aliphatic rings. The molecule has 2 rings (SSSR count). The Morgan fingerprint density at radius 1 is 1.00 bits per heavy atom. The topological polar surface area (TPSA) is 75.3 Å². The van der Waals surface area contributed by atoms with Gasteiger partial charge in [-0.3, -0.25) is 10.1 Å². The zero-order chi connectivity index (χ0) is 16.7. The smallest absolute Gasteiger partial charge is 0.237 e. The van der Waals surface area contributed by atoms with Crippen molar-refractivity contribution in [2.24, 2.45) is 5.73 Å². The van der Waals surface area contributed by atoms with Crippen molar-refractivity contribution in [2.75, 3.05) is 0 Å². The Hall–Kier alpha value is -2.17. The summed E-state index contributed by atoms with van der Waals surface area (Å²) in [6, 6.07) is 18.0. The second-order valence-corrected chi connectivity index (χ2v) is 5.80. The lowest BCUT2D eigenvalue weighted by Crippen LogP contribution is -2.47. The first kappa shape index (κ1) is 17.2. The lowest BCUT2D eigenvalue weighted by Gasteiger charge is -2.18. The van der Waals surface area contributed by atoms with Crippen molar-refractivity contribution in [3.63, 3.8) is 0 Å². The molecule has 2 unspecified atom stereocenters. The quantitative estimate of drug-likeness (QED) is 0.696. The minimum absolute atomic E-state index is 0.497. The molecular formula is C19H24N2O2. The fraction of sp³-hybridized carbons (Fsp3) is 0.316. The maximum absolute atomic E-state index is 11.2. The number of carbonyl (C=O) groups is 1. The molecule has 0 aliphatic carbocycles. The van der Waals surface area contributed by atoms with E-state index in [-0.39, 0.29) is 0 Å². The van der Waals surface area contributed by atoms with Crippen LogP contribution < -0.4 is 11.1 Å². The number of aliphatic hydroxyl groups excluding tert-OH is 1. The van der Waals surface area contributed by atoms with Crippen molar-refractivity contribution in [1.29, 1.82) is 0 Å². The third-order valence-electron chi connectivity index (χ3n) is 3.88. The van der Waals surface area contributed by atoms with Crippen LogP contribution in [0.4, 0.5) is 0 Å². The number of amides is 1. The molecule has 0 aliphatic heterocycles. The lowest BCUT2D eigenvalue weighted by molar-refractivity contribution is -0.122. The summed E-state index contributed by atoms with van der Waals surface area (Å²) in [5.41, 5.74) is 8.93. The van der Waals surface area contributed by atoms with Crippen molar-refractivity contribution >= 4 is 5.91 Å². The van der Waals surface area contributed by atoms with E-state index in [2.05, 4.69) is 41.7 Å². The second kappa shape index (κ2) is 8.46. The van der Waals surface area contributed by atoms with Crippen LogP contribution in [0, 0.1) is 0 Å². The van der Waals surface area contributed by atoms with Gasteiger partial charge in [0, 0.05) is 6.54 Å². The van der Waals surface area contributed by atoms with Crippen LogP contribution in [0.15, 0.2) is 54.6 Å². The average molecular weight is 312 g/mol. The van der Waals surface area contributed by atoms with Gasteiger partial charge in [0.25, 0.3) is 0 Å². The number of benzene rings is 2. The molecule has 0 saturated carbocycles. The third kappa shape index (κ3) is 5.51. The van der Waals surface area contributed by atoms with Gasteiger partial charge in [0.05, 0.1) is 6.10 Å². The number of hydrogen-bond donors (Lipinski definition) is 3. The molecular weight excluding hydrogens is 288 g/mol. The maximum Gasteiger partial charge on any atom is 0.237 e. The number of hydrogen-bond acceptors (Lipinski definition) is 3. The summed E-state index contributed by atoms with van der Waals surface area (Å²) in [5, 5.41) is 12.5. The average Bonchev–Trinajstić information content (AvgIpc) is 2.54. The summed E-state index contributed by atoms with van der Waals surface area (Å²) in [6.07, 6.45) is 1.21. The SMILES string of the molecule is CC(O)C(NCc1ccc(CCc2ccccc2)cc1)C(N)=O. The summed E-state index contributed by atoms with van der Waals surface area (Å²) in [7, 11) is 0. The van der Waals surface area contributed by atoms with Crippen LogP contribution in [-0.2, 0) is 24.2 Å². The molecule has 2 aromatic carbocycles. The monoisotopic (exact) mass is 312 g/mol. The van der Waals surface area contributed by atoms with Crippen LogP contribution in [0.3, 0.4) is 0 Å². The third-order valence-corrected chi connectivity index (χ3v) is 3.88. The van der Waals surface area contributed by atoms with Crippen molar-refractivity contribution in [1.82, 2.24) is 5.32 Å². The van der Waals surface area contributed by atoms with Gasteiger partial charge >= 0.3 is 0 Å². The van der Waals surface area contributed by atoms with Gasteiger partial charge in [0.15, 0.2) is 0 Å². The molecule has 0 bridgehead atoms. The van der Waals surface area contributed by atoms with E-state index in [1.807, 2.05) is 18.2 Å². The van der Waals surface area contributed by atoms with E-state index in [9.17, 15) is 9.90 Å². The summed E-state index contributed by atoms with van der Waals surface area (Å²) < 4.78 is 0. The van der Waals surface area contributed by atoms with Gasteiger partial charge in [-0.25, -0.2) is 0 Å². The highest BCUT2D eigenvalue weighted by Crippen LogP contribution is 2.09. The normalized spacial score (nSPS) is 13.5. The lowest BCUT2D eigenvalue weighted by atomic mass is 10.0. The highest BCUT2D eigenvalue weighted by atomic mass is 16.3. The van der Waals surface area contributed by atoms with Crippen LogP contribution in [0.5, 0.6) is 0 Å². The number of nitrogens with two attached hydrogens (primary N) is 1. The van der Waals surface area contributed by atoms with Crippen molar-refractivity contribution < 1.29 is 9.90 Å². The number of primary amides is 1. The van der Waals surface area contributed by atoms with Crippen molar-refractivity contribution in [2.45, 2.75) is 38.5 Å². The molecule has 4 nitrogen and oxygen atoms in total. The highest BCUT2D eigenvalue weighted by Gasteiger charge is 2.19. The zero-order valence-corrected chi connectivity index (χ0v) is 13.4. The van der Waals surface area contributed by atoms with E-state index in [4.69, 9.17) is 5.73 Å². The van der Waals surface area contributed by atoms with Gasteiger partial charge in [-0.15, -0.1) is 0 Å². The van der Waals surface area contributed by atoms with E-state index >= 15 is 0 Å². The first-order chi connectivity index (χ1) is 11.1. The Kier molecular flexibility index (Phi) is 6.32. The number of aliphatic hydroxyl groups is 1. The van der Waals surface area contributed by atoms with Gasteiger partial charge in [-0.2, -0.15) is 0 Å². The molecule has 0 heterocycles. The van der Waals surface area contributed by atoms with Crippen LogP contribution in [-0.4, -0.2) is 23.2 Å². The standard InChI is InChI=1S/C19H24N2O2/c1-14(22)18(19(20)23)21-13-17-11-9-16(10-12-17)8-7-15-5-3-2-4-6-15/h2-6,9-12,14,18,21-22H,7-8,13H2,1H3,(H2,20,23). The van der Waals surface area contributed by atoms with E-state index in [1.54, 1.807) is 6.92 Å². The fourth-order valence-corrected chi connectivity index (χ4v) is 2.49. The summed E-state index contributed by atoms with van der Waals surface area (Å²) in [4.78, 5) is 11.2. The van der Waals surface area contributed by atoms with Gasteiger partial charge in [0.1, 0.15) is 6.04 Å². The molecule has 122 valence electrons. The molecule has 0 aromatic heterocycles. The van der Waals surface area contributed by atoms with Crippen LogP contribution in [0.1, 0.15) is 23.6 Å². The molecule has 2 atom stereocenters. The first-order valence-corrected chi connectivity index (χ1v) is 7.89. The van der Waals surface area contributed by atoms with Crippen LogP contribution in [0.25, 0.3) is 0 Å². The predicted molar refractivity (Wildman–Crippen MR) is 91.8 cm³/mol. The molecule has 0 spiro atoms. The van der Waals surface area contributed by atoms with E-state index in [1.165, 1.54) is 11.1 Å². The summed E-state index contributed by atoms with van der Waals surface area (Å²) in [6.45, 7) is 2.05. The van der Waals surface area contributed by atoms with Crippen molar-refractivity contribution in [3.05, 3.63) is 71.3 Å². The molecule has 23 heavy (non-hydrogen) atoms. The Bertz CT molecular complexity index is 609. The molecule has 4 heteroatoms. The number of rotatable bonds is 8. The minimum Gasteiger partial charge on any atom is -0.391 e. The number of aryl methyl sites for hydroxylation is 2. The van der Waals surface area contributed by atoms with Crippen LogP contribution in [0.2, 0.25) is 0 Å². The Labute approximate surface area is 137 Å². The highest BCUT2D eigenvalue weighted by molar-refractivity contribution is 5.80. The Balaban J connectivity index is 1.85. The van der Waals surface area contributed by atoms with Gasteiger partial charge in [-0.1, -0.05) is 54.6 Å². The molecule has 0 radical (unpaired) electrons. The maximum atomic E-state index is 11.2. The first-order valence-electron chi connectivity index (χ1n) is 7.89. The van der Waals surface area contributed by atoms with Crippen LogP contribution >= 0.6 is 0 Å². The minimum atomic E-state index is -0.808. The molecule has 1 amide bonds. The summed E-state index contributed by atoms with van der Waals surface area (Å²) >= 11 is 0. The van der Waals surface area contributed by atoms with Gasteiger partial charge in [0.2, 0.25) is 5.91 Å². The Morgan fingerprint density at radius 3 is 2.04 bits per heavy atom. The number of nitrogens with one attached hydrogen (secondary N) is 1. The van der Waals surface area contributed by atoms with Gasteiger partial charge < -0.3 is 10.8 Å². The van der Waals surface area contributed by atoms with E-state index in [0.717, 1.165) is 18.4 Å². The second-order valence-electron chi connectivity index (χ2n) is 5.80. The molecule has 2 aromatic rings. The van der Waals surface area contributed by atoms with E-state index in [0.29, 0.717) is 6.54 Å². The summed E-state index contributed by atoms with van der Waals surface area (Å²) in [5.74, 6) is -0.542. The Morgan fingerprint density at radius 2 is 1.52 bits per heavy atom.